The normalized spacial score (nSPS) is 22.0. The van der Waals surface area contributed by atoms with Gasteiger partial charge in [0.25, 0.3) is 11.8 Å². The lowest BCUT2D eigenvalue weighted by molar-refractivity contribution is 0.0582. The van der Waals surface area contributed by atoms with Crippen LogP contribution in [-0.4, -0.2) is 150 Å². The molecule has 12 nitrogen and oxygen atoms in total. The molecule has 0 atom stereocenters. The fraction of sp³-hybridized carbons (Fsp3) is 0.523. The van der Waals surface area contributed by atoms with Crippen LogP contribution in [0.2, 0.25) is 0 Å². The van der Waals surface area contributed by atoms with Crippen LogP contribution < -0.4 is 0 Å². The lowest BCUT2D eigenvalue weighted by atomic mass is 9.83. The van der Waals surface area contributed by atoms with E-state index in [1.807, 2.05) is 165 Å². The van der Waals surface area contributed by atoms with Crippen LogP contribution in [-0.2, 0) is 18.9 Å². The van der Waals surface area contributed by atoms with E-state index in [9.17, 15) is 19.2 Å². The average molecular weight is 2110 g/mol. The van der Waals surface area contributed by atoms with Gasteiger partial charge in [-0.05, 0) is 200 Å². The molecule has 12 heterocycles. The van der Waals surface area contributed by atoms with E-state index in [1.54, 1.807) is 141 Å². The van der Waals surface area contributed by atoms with Crippen LogP contribution in [0.3, 0.4) is 0 Å². The van der Waals surface area contributed by atoms with Crippen LogP contribution in [0.5, 0.6) is 0 Å². The topological polar surface area (TPSA) is 146 Å². The fourth-order valence-corrected chi connectivity index (χ4v) is 53.2. The highest BCUT2D eigenvalue weighted by Crippen LogP contribution is 2.79. The molecule has 2 amide bonds. The zero-order valence-electron chi connectivity index (χ0n) is 74.3. The van der Waals surface area contributed by atoms with Crippen molar-refractivity contribution in [3.8, 4) is 0 Å². The van der Waals surface area contributed by atoms with Crippen LogP contribution in [0, 0.1) is 0 Å². The molecule has 0 saturated heterocycles. The van der Waals surface area contributed by atoms with Gasteiger partial charge in [-0.25, -0.2) is 19.2 Å². The Labute approximate surface area is 832 Å². The second-order valence-corrected chi connectivity index (χ2v) is 79.5. The molecule has 6 aromatic carbocycles. The Hall–Kier alpha value is 0.540. The van der Waals surface area contributed by atoms with Gasteiger partial charge in [0.1, 0.15) is 0 Å². The van der Waals surface area contributed by atoms with E-state index in [2.05, 4.69) is 166 Å². The van der Waals surface area contributed by atoms with Crippen molar-refractivity contribution in [3.63, 3.8) is 0 Å². The summed E-state index contributed by atoms with van der Waals surface area (Å²) >= 11 is 42.9. The van der Waals surface area contributed by atoms with E-state index in [1.165, 1.54) is 28.4 Å². The van der Waals surface area contributed by atoms with E-state index >= 15 is 9.59 Å². The molecule has 0 N–H and O–H groups in total. The number of amides is 2. The highest BCUT2D eigenvalue weighted by Gasteiger charge is 2.59. The van der Waals surface area contributed by atoms with Crippen LogP contribution in [0.1, 0.15) is 274 Å². The number of benzene rings is 6. The minimum absolute atomic E-state index is 0.110. The Morgan fingerprint density at radius 2 is 0.306 bits per heavy atom. The van der Waals surface area contributed by atoms with Gasteiger partial charge in [0.2, 0.25) is 0 Å². The number of hydrogen-bond donors (Lipinski definition) is 0. The zero-order valence-corrected chi connectivity index (χ0v) is 93.9. The molecule has 12 aliphatic heterocycles. The van der Waals surface area contributed by atoms with Gasteiger partial charge in [0.15, 0.2) is 0 Å². The van der Waals surface area contributed by atoms with Crippen molar-refractivity contribution in [2.45, 2.75) is 344 Å². The molecule has 0 fully saturated rings. The van der Waals surface area contributed by atoms with Crippen LogP contribution >= 0.6 is 282 Å². The summed E-state index contributed by atoms with van der Waals surface area (Å²) in [6, 6.07) is 0. The third kappa shape index (κ3) is 16.3. The van der Waals surface area contributed by atoms with Gasteiger partial charge in [0, 0.05) is 157 Å². The van der Waals surface area contributed by atoms with Crippen LogP contribution in [0.25, 0.3) is 0 Å². The van der Waals surface area contributed by atoms with Gasteiger partial charge in [-0.1, -0.05) is 0 Å². The number of hydrogen-bond acceptors (Lipinski definition) is 34. The maximum absolute atomic E-state index is 16.9. The number of fused-ring (bicyclic) bond motifs is 12. The molecule has 18 rings (SSSR count). The first-order valence-electron chi connectivity index (χ1n) is 40.2. The van der Waals surface area contributed by atoms with Gasteiger partial charge >= 0.3 is 23.9 Å². The highest BCUT2D eigenvalue weighted by atomic mass is 32.2. The molecule has 0 aliphatic carbocycles. The van der Waals surface area contributed by atoms with Crippen molar-refractivity contribution in [2.24, 2.45) is 0 Å². The highest BCUT2D eigenvalue weighted by molar-refractivity contribution is 8.26. The van der Waals surface area contributed by atoms with Crippen molar-refractivity contribution in [1.82, 2.24) is 9.80 Å². The van der Waals surface area contributed by atoms with Crippen molar-refractivity contribution < 1.29 is 47.7 Å². The summed E-state index contributed by atoms with van der Waals surface area (Å²) in [4.78, 5) is 121. The lowest BCUT2D eigenvalue weighted by Gasteiger charge is -2.32. The maximum Gasteiger partial charge on any atom is 0.340 e. The van der Waals surface area contributed by atoms with E-state index in [-0.39, 0.29) is 81.4 Å². The number of likely N-dealkylation sites (N-methyl/N-ethyl adjacent to an activating group) is 2. The Morgan fingerprint density at radius 3 is 0.419 bits per heavy atom. The minimum Gasteiger partial charge on any atom is -0.465 e. The molecule has 662 valence electrons. The van der Waals surface area contributed by atoms with Crippen LogP contribution in [0.15, 0.2) is 117 Å². The minimum atomic E-state index is -0.481. The lowest BCUT2D eigenvalue weighted by Crippen LogP contribution is -2.38. The first kappa shape index (κ1) is 94.9. The average Bonchev–Trinajstić information content (AvgIpc) is 1.52. The summed E-state index contributed by atoms with van der Waals surface area (Å²) in [6.07, 6.45) is 0. The standard InChI is InChI=1S/C88H96N2O10S24/c1-77(2)101-47-35(33(37-51-63(117-81(9,10)105-51)43(73(93)97-27)64-52(37)106-82(11,12)118-64)38-53-65(119-83(13,14)107-53)44(74(94)98-28)66-54(38)108-84(15,16)120-66)48-60(114-78(3,4)102-48)41(59(47)113-77)71(91)89(25)31-32-90(26)72(92)42-61-49(103-79(5,6)115-61)36(50-62(42)116-80(7,8)104-50)34(39-55-67(121-85(17,18)109-55)45(75(95)99-29)68-56(39)110-86(19,20)122-68)40-57-69(123-87(21,22)111-57)46(76(96)100-30)70-58(40)112-88(23,24)124-70/h33-34H,31-32H2,1-30H3. The Kier molecular flexibility index (Phi) is 24.5. The Balaban J connectivity index is 0.807. The number of esters is 4. The SMILES string of the molecule is COC(=O)c1c2c(c(C(c3c4c(c(C(=O)OC)c5c3SC(C)(C)S5)SC(C)(C)S4)c3c4c(c(C(=O)N(C)CCN(C)C(=O)c5c6c(c(C(c7c8c(c(C(=O)OC)c9c7SC(C)(C)S9)SC(C)(C)S8)c7c8c(c(C(=O)OC)c9c7SC(C)(C)S9)SC(C)(C)S8)c7c5SC(C)(C)S7)SC(C)(C)S6)c5c3SC(C)(C)S5)SC(C)(C)S4)c3c1SC(C)(C)S3)SC(C)(C)S2. The molecule has 0 radical (unpaired) electrons. The van der Waals surface area contributed by atoms with Crippen molar-refractivity contribution in [2.75, 3.05) is 55.6 Å². The van der Waals surface area contributed by atoms with Crippen LogP contribution in [0.4, 0.5) is 0 Å². The second-order valence-electron chi connectivity index (χ2n) is 37.2. The Morgan fingerprint density at radius 1 is 0.202 bits per heavy atom. The monoisotopic (exact) mass is 2110 g/mol. The van der Waals surface area contributed by atoms with Gasteiger partial charge in [-0.15, -0.1) is 282 Å². The molecule has 0 unspecified atom stereocenters. The van der Waals surface area contributed by atoms with E-state index in [0.717, 1.165) is 151 Å². The molecular weight excluding hydrogens is 2010 g/mol. The number of carbonyl (C=O) groups is 6. The molecule has 12 aliphatic rings. The predicted molar refractivity (Wildman–Crippen MR) is 549 cm³/mol. The third-order valence-electron chi connectivity index (χ3n) is 21.7. The van der Waals surface area contributed by atoms with Gasteiger partial charge < -0.3 is 28.7 Å². The number of carbonyl (C=O) groups excluding carboxylic acids is 6. The maximum atomic E-state index is 16.9. The second kappa shape index (κ2) is 32.1. The van der Waals surface area contributed by atoms with E-state index < -0.39 is 28.2 Å². The number of methoxy groups -OCH3 is 4. The molecular formula is C88H96N2O10S24. The molecule has 6 aromatic rings. The van der Waals surface area contributed by atoms with E-state index in [0.29, 0.717) is 33.4 Å². The largest absolute Gasteiger partial charge is 0.465 e. The van der Waals surface area contributed by atoms with Gasteiger partial charge in [-0.3, -0.25) is 9.59 Å². The van der Waals surface area contributed by atoms with Crippen molar-refractivity contribution in [3.05, 3.63) is 66.8 Å². The summed E-state index contributed by atoms with van der Waals surface area (Å²) < 4.78 is 18.5. The fourth-order valence-electron chi connectivity index (χ4n) is 17.5. The summed E-state index contributed by atoms with van der Waals surface area (Å²) in [6.45, 7) is 54.7. The molecule has 36 heteroatoms. The predicted octanol–water partition coefficient (Wildman–Crippen LogP) is 31.2. The van der Waals surface area contributed by atoms with Crippen molar-refractivity contribution >= 4 is 318 Å². The third-order valence-corrected chi connectivity index (χ3v) is 55.9. The molecule has 0 aromatic heterocycles. The number of nitrogens with zero attached hydrogens (tertiary/aromatic N) is 2. The first-order valence-corrected chi connectivity index (χ1v) is 59.8. The first-order chi connectivity index (χ1) is 57.3. The van der Waals surface area contributed by atoms with E-state index in [4.69, 9.17) is 18.9 Å². The van der Waals surface area contributed by atoms with Gasteiger partial charge in [-0.2, -0.15) is 0 Å². The molecule has 0 saturated carbocycles. The summed E-state index contributed by atoms with van der Waals surface area (Å²) in [5.74, 6) is -2.58. The summed E-state index contributed by atoms with van der Waals surface area (Å²) in [7, 11) is 9.79. The number of ether oxygens (including phenoxy) is 4. The molecule has 0 bridgehead atoms. The summed E-state index contributed by atoms with van der Waals surface area (Å²) in [5, 5.41) is 0. The number of rotatable bonds is 15. The number of thioether (sulfide) groups is 24. The summed E-state index contributed by atoms with van der Waals surface area (Å²) in [5.41, 5.74) is 10.8. The zero-order chi connectivity index (χ0) is 89.8. The Bertz CT molecular complexity index is 5050. The quantitative estimate of drug-likeness (QED) is 0.0545. The van der Waals surface area contributed by atoms with Crippen molar-refractivity contribution in [1.29, 1.82) is 0 Å². The van der Waals surface area contributed by atoms with Gasteiger partial charge in [0.05, 0.1) is 111 Å². The smallest absolute Gasteiger partial charge is 0.340 e. The molecule has 0 spiro atoms. The molecule has 124 heavy (non-hydrogen) atoms.